The van der Waals surface area contributed by atoms with Crippen LogP contribution in [-0.4, -0.2) is 5.11 Å². The first-order chi connectivity index (χ1) is 9.11. The van der Waals surface area contributed by atoms with E-state index in [0.29, 0.717) is 10.0 Å². The van der Waals surface area contributed by atoms with Gasteiger partial charge in [0.25, 0.3) is 0 Å². The molecule has 0 bridgehead atoms. The fourth-order valence-electron chi connectivity index (χ4n) is 2.01. The van der Waals surface area contributed by atoms with Crippen molar-refractivity contribution in [1.29, 1.82) is 0 Å². The summed E-state index contributed by atoms with van der Waals surface area (Å²) >= 11 is 11.9. The Labute approximate surface area is 123 Å². The van der Waals surface area contributed by atoms with E-state index in [2.05, 4.69) is 6.92 Å². The predicted molar refractivity (Wildman–Crippen MR) is 81.8 cm³/mol. The van der Waals surface area contributed by atoms with Gasteiger partial charge in [-0.3, -0.25) is 0 Å². The van der Waals surface area contributed by atoms with Crippen molar-refractivity contribution >= 4 is 23.2 Å². The molecule has 0 saturated heterocycles. The van der Waals surface area contributed by atoms with Crippen molar-refractivity contribution in [2.75, 3.05) is 0 Å². The second kappa shape index (κ2) is 6.42. The van der Waals surface area contributed by atoms with E-state index in [1.165, 1.54) is 0 Å². The monoisotopic (exact) mass is 294 g/mol. The summed E-state index contributed by atoms with van der Waals surface area (Å²) in [6.45, 7) is 2.06. The van der Waals surface area contributed by atoms with Gasteiger partial charge >= 0.3 is 0 Å². The van der Waals surface area contributed by atoms with E-state index >= 15 is 0 Å². The van der Waals surface area contributed by atoms with Crippen LogP contribution in [0.2, 0.25) is 10.0 Å². The van der Waals surface area contributed by atoms with Crippen LogP contribution >= 0.6 is 23.2 Å². The van der Waals surface area contributed by atoms with E-state index in [1.807, 2.05) is 36.4 Å². The summed E-state index contributed by atoms with van der Waals surface area (Å²) in [5, 5.41) is 11.0. The lowest BCUT2D eigenvalue weighted by Crippen LogP contribution is -1.96. The summed E-state index contributed by atoms with van der Waals surface area (Å²) < 4.78 is 0. The topological polar surface area (TPSA) is 20.2 Å². The third-order valence-corrected chi connectivity index (χ3v) is 3.85. The minimum absolute atomic E-state index is 0.382. The Bertz CT molecular complexity index is 549. The van der Waals surface area contributed by atoms with Crippen LogP contribution in [0.15, 0.2) is 42.5 Å². The molecule has 3 heteroatoms. The fourth-order valence-corrected chi connectivity index (χ4v) is 2.31. The van der Waals surface area contributed by atoms with Crippen molar-refractivity contribution in [1.82, 2.24) is 0 Å². The van der Waals surface area contributed by atoms with Crippen molar-refractivity contribution in [2.45, 2.75) is 25.9 Å². The van der Waals surface area contributed by atoms with Crippen LogP contribution in [0.25, 0.3) is 11.1 Å². The smallest absolute Gasteiger partial charge is 0.0790 e. The predicted octanol–water partition coefficient (Wildman–Crippen LogP) is 5.49. The molecule has 0 spiro atoms. The van der Waals surface area contributed by atoms with Gasteiger partial charge in [-0.25, -0.2) is 0 Å². The Balaban J connectivity index is 2.24. The number of rotatable bonds is 4. The molecule has 0 aliphatic carbocycles. The Morgan fingerprint density at radius 3 is 2.16 bits per heavy atom. The summed E-state index contributed by atoms with van der Waals surface area (Å²) in [6.07, 6.45) is 1.37. The number of hydrogen-bond acceptors (Lipinski definition) is 1. The number of aliphatic hydroxyl groups excluding tert-OH is 1. The minimum atomic E-state index is -0.382. The minimum Gasteiger partial charge on any atom is -0.388 e. The maximum atomic E-state index is 9.92. The van der Waals surface area contributed by atoms with Gasteiger partial charge in [0.15, 0.2) is 0 Å². The van der Waals surface area contributed by atoms with E-state index in [1.54, 1.807) is 6.07 Å². The largest absolute Gasteiger partial charge is 0.388 e. The second-order valence-corrected chi connectivity index (χ2v) is 5.37. The lowest BCUT2D eigenvalue weighted by atomic mass is 10.0. The number of hydrogen-bond donors (Lipinski definition) is 1. The summed E-state index contributed by atoms with van der Waals surface area (Å²) in [7, 11) is 0. The van der Waals surface area contributed by atoms with Crippen LogP contribution in [0.4, 0.5) is 0 Å². The van der Waals surface area contributed by atoms with Crippen LogP contribution in [0, 0.1) is 0 Å². The Morgan fingerprint density at radius 2 is 1.58 bits per heavy atom. The highest BCUT2D eigenvalue weighted by Gasteiger charge is 2.07. The molecule has 0 aliphatic heterocycles. The number of benzene rings is 2. The molecule has 0 amide bonds. The van der Waals surface area contributed by atoms with E-state index in [4.69, 9.17) is 23.2 Å². The zero-order chi connectivity index (χ0) is 13.8. The van der Waals surface area contributed by atoms with E-state index < -0.39 is 0 Å². The van der Waals surface area contributed by atoms with Gasteiger partial charge in [0, 0.05) is 0 Å². The lowest BCUT2D eigenvalue weighted by Gasteiger charge is -2.10. The molecular weight excluding hydrogens is 279 g/mol. The molecule has 0 radical (unpaired) electrons. The first-order valence-corrected chi connectivity index (χ1v) is 7.11. The summed E-state index contributed by atoms with van der Waals surface area (Å²) in [6, 6.07) is 13.5. The van der Waals surface area contributed by atoms with Crippen LogP contribution in [0.3, 0.4) is 0 Å². The zero-order valence-electron chi connectivity index (χ0n) is 10.7. The van der Waals surface area contributed by atoms with Gasteiger partial charge in [0.2, 0.25) is 0 Å². The van der Waals surface area contributed by atoms with Gasteiger partial charge in [-0.15, -0.1) is 0 Å². The molecule has 1 atom stereocenters. The van der Waals surface area contributed by atoms with Gasteiger partial charge < -0.3 is 5.11 Å². The van der Waals surface area contributed by atoms with Gasteiger partial charge in [-0.1, -0.05) is 66.9 Å². The lowest BCUT2D eigenvalue weighted by molar-refractivity contribution is 0.166. The van der Waals surface area contributed by atoms with Crippen molar-refractivity contribution < 1.29 is 5.11 Å². The van der Waals surface area contributed by atoms with E-state index in [0.717, 1.165) is 29.5 Å². The van der Waals surface area contributed by atoms with Crippen molar-refractivity contribution in [3.63, 3.8) is 0 Å². The van der Waals surface area contributed by atoms with Crippen LogP contribution in [-0.2, 0) is 0 Å². The first kappa shape index (κ1) is 14.4. The van der Waals surface area contributed by atoms with Gasteiger partial charge in [-0.2, -0.15) is 0 Å². The standard InChI is InChI=1S/C16H16Cl2O/c1-2-3-16(19)12-6-4-11(5-7-12)13-8-9-14(17)15(18)10-13/h4-10,16,19H,2-3H2,1H3/t16-/m1/s1. The molecule has 2 aromatic carbocycles. The molecule has 0 aliphatic rings. The molecule has 1 nitrogen and oxygen atoms in total. The fraction of sp³-hybridized carbons (Fsp3) is 0.250. The molecule has 0 fully saturated rings. The highest BCUT2D eigenvalue weighted by molar-refractivity contribution is 6.42. The number of halogens is 2. The first-order valence-electron chi connectivity index (χ1n) is 6.35. The molecule has 2 aromatic rings. The molecule has 0 unspecified atom stereocenters. The van der Waals surface area contributed by atoms with Crippen LogP contribution in [0.5, 0.6) is 0 Å². The Morgan fingerprint density at radius 1 is 0.947 bits per heavy atom. The zero-order valence-corrected chi connectivity index (χ0v) is 12.2. The van der Waals surface area contributed by atoms with Gasteiger partial charge in [0.1, 0.15) is 0 Å². The second-order valence-electron chi connectivity index (χ2n) is 4.56. The van der Waals surface area contributed by atoms with E-state index in [9.17, 15) is 5.11 Å². The molecule has 1 N–H and O–H groups in total. The molecule has 100 valence electrons. The highest BCUT2D eigenvalue weighted by Crippen LogP contribution is 2.29. The average Bonchev–Trinajstić information content (AvgIpc) is 2.42. The summed E-state index contributed by atoms with van der Waals surface area (Å²) in [5.41, 5.74) is 3.03. The third-order valence-electron chi connectivity index (χ3n) is 3.11. The number of aliphatic hydroxyl groups is 1. The van der Waals surface area contributed by atoms with E-state index in [-0.39, 0.29) is 6.10 Å². The third kappa shape index (κ3) is 3.50. The Hall–Kier alpha value is -1.02. The molecule has 0 heterocycles. The van der Waals surface area contributed by atoms with Gasteiger partial charge in [0.05, 0.1) is 16.1 Å². The SMILES string of the molecule is CCC[C@@H](O)c1ccc(-c2ccc(Cl)c(Cl)c2)cc1. The molecule has 0 aromatic heterocycles. The molecular formula is C16H16Cl2O. The molecule has 2 rings (SSSR count). The maximum absolute atomic E-state index is 9.92. The Kier molecular flexibility index (Phi) is 4.87. The highest BCUT2D eigenvalue weighted by atomic mass is 35.5. The van der Waals surface area contributed by atoms with Crippen molar-refractivity contribution in [3.05, 3.63) is 58.1 Å². The normalized spacial score (nSPS) is 12.4. The van der Waals surface area contributed by atoms with Crippen LogP contribution in [0.1, 0.15) is 31.4 Å². The van der Waals surface area contributed by atoms with Crippen LogP contribution < -0.4 is 0 Å². The average molecular weight is 295 g/mol. The molecule has 19 heavy (non-hydrogen) atoms. The van der Waals surface area contributed by atoms with Crippen molar-refractivity contribution in [3.8, 4) is 11.1 Å². The van der Waals surface area contributed by atoms with Gasteiger partial charge in [-0.05, 0) is 35.2 Å². The summed E-state index contributed by atoms with van der Waals surface area (Å²) in [4.78, 5) is 0. The maximum Gasteiger partial charge on any atom is 0.0790 e. The van der Waals surface area contributed by atoms with Crippen molar-refractivity contribution in [2.24, 2.45) is 0 Å². The summed E-state index contributed by atoms with van der Waals surface area (Å²) in [5.74, 6) is 0. The molecule has 0 saturated carbocycles. The quantitative estimate of drug-likeness (QED) is 0.790.